The largest absolute Gasteiger partial charge is 0.326 e. The molecular formula is C42H36N2O2. The molecule has 0 aliphatic rings. The summed E-state index contributed by atoms with van der Waals surface area (Å²) in [6, 6.07) is 58.5. The van der Waals surface area contributed by atoms with Crippen molar-refractivity contribution in [3.8, 4) is 0 Å². The Morgan fingerprint density at radius 1 is 0.348 bits per heavy atom. The summed E-state index contributed by atoms with van der Waals surface area (Å²) in [4.78, 5) is 32.9. The van der Waals surface area contributed by atoms with Crippen LogP contribution in [0.1, 0.15) is 55.1 Å². The van der Waals surface area contributed by atoms with E-state index in [1.165, 1.54) is 0 Å². The number of hydrogen-bond donors (Lipinski definition) is 0. The van der Waals surface area contributed by atoms with Crippen LogP contribution in [0.15, 0.2) is 182 Å². The third-order valence-electron chi connectivity index (χ3n) is 8.23. The van der Waals surface area contributed by atoms with Crippen molar-refractivity contribution in [1.29, 1.82) is 0 Å². The van der Waals surface area contributed by atoms with Gasteiger partial charge in [0.1, 0.15) is 0 Å². The molecule has 0 spiro atoms. The van der Waals surface area contributed by atoms with E-state index >= 15 is 0 Å². The Morgan fingerprint density at radius 3 is 0.804 bits per heavy atom. The van der Waals surface area contributed by atoms with Crippen molar-refractivity contribution >= 4 is 11.8 Å². The Morgan fingerprint density at radius 2 is 0.565 bits per heavy atom. The standard InChI is InChI=1S/C42H36N2O2/c45-41(37-27-15-5-16-28-37)43(39(33-19-7-1-8-20-33)34-21-9-2-10-22-34)31-32-44(42(46)38-29-17-6-18-30-38)40(35-23-11-3-12-24-35)36-25-13-4-14-26-36/h1-30,39-40H,31-32H2. The van der Waals surface area contributed by atoms with Gasteiger partial charge < -0.3 is 9.80 Å². The molecule has 0 aliphatic carbocycles. The summed E-state index contributed by atoms with van der Waals surface area (Å²) in [6.45, 7) is 0.605. The highest BCUT2D eigenvalue weighted by molar-refractivity contribution is 5.96. The van der Waals surface area contributed by atoms with Gasteiger partial charge in [0.15, 0.2) is 0 Å². The molecule has 0 bridgehead atoms. The zero-order valence-corrected chi connectivity index (χ0v) is 25.6. The lowest BCUT2D eigenvalue weighted by Gasteiger charge is -2.38. The van der Waals surface area contributed by atoms with Crippen LogP contribution in [0.2, 0.25) is 0 Å². The van der Waals surface area contributed by atoms with Gasteiger partial charge in [-0.1, -0.05) is 158 Å². The van der Waals surface area contributed by atoms with E-state index in [0.717, 1.165) is 22.3 Å². The van der Waals surface area contributed by atoms with Crippen molar-refractivity contribution in [3.05, 3.63) is 215 Å². The summed E-state index contributed by atoms with van der Waals surface area (Å²) in [5, 5.41) is 0. The van der Waals surface area contributed by atoms with Crippen LogP contribution < -0.4 is 0 Å². The lowest BCUT2D eigenvalue weighted by Crippen LogP contribution is -2.44. The zero-order chi connectivity index (χ0) is 31.6. The normalized spacial score (nSPS) is 10.9. The van der Waals surface area contributed by atoms with Crippen molar-refractivity contribution in [1.82, 2.24) is 9.80 Å². The smallest absolute Gasteiger partial charge is 0.254 e. The molecule has 0 fully saturated rings. The lowest BCUT2D eigenvalue weighted by atomic mass is 9.95. The first kappa shape index (κ1) is 30.3. The monoisotopic (exact) mass is 600 g/mol. The van der Waals surface area contributed by atoms with E-state index in [-0.39, 0.29) is 23.9 Å². The maximum absolute atomic E-state index is 14.5. The zero-order valence-electron chi connectivity index (χ0n) is 25.6. The summed E-state index contributed by atoms with van der Waals surface area (Å²) >= 11 is 0. The first-order chi connectivity index (χ1) is 22.7. The molecule has 0 N–H and O–H groups in total. The van der Waals surface area contributed by atoms with Gasteiger partial charge in [0.25, 0.3) is 11.8 Å². The number of amides is 2. The van der Waals surface area contributed by atoms with Gasteiger partial charge in [-0.3, -0.25) is 9.59 Å². The molecule has 2 amide bonds. The molecule has 6 aromatic rings. The maximum Gasteiger partial charge on any atom is 0.254 e. The summed E-state index contributed by atoms with van der Waals surface area (Å²) in [5.41, 5.74) is 5.21. The summed E-state index contributed by atoms with van der Waals surface area (Å²) in [6.07, 6.45) is 0. The third kappa shape index (κ3) is 6.98. The molecule has 0 saturated heterocycles. The van der Waals surface area contributed by atoms with Gasteiger partial charge in [0.05, 0.1) is 12.1 Å². The Balaban J connectivity index is 1.47. The molecule has 0 atom stereocenters. The molecular weight excluding hydrogens is 564 g/mol. The fraction of sp³-hybridized carbons (Fsp3) is 0.0952. The molecule has 6 rings (SSSR count). The van der Waals surface area contributed by atoms with Gasteiger partial charge in [0, 0.05) is 24.2 Å². The highest BCUT2D eigenvalue weighted by Crippen LogP contribution is 2.33. The van der Waals surface area contributed by atoms with Gasteiger partial charge in [-0.2, -0.15) is 0 Å². The van der Waals surface area contributed by atoms with Crippen molar-refractivity contribution < 1.29 is 9.59 Å². The summed E-state index contributed by atoms with van der Waals surface area (Å²) in [5.74, 6) is -0.192. The quantitative estimate of drug-likeness (QED) is 0.149. The van der Waals surface area contributed by atoms with Crippen molar-refractivity contribution in [3.63, 3.8) is 0 Å². The van der Waals surface area contributed by atoms with Gasteiger partial charge >= 0.3 is 0 Å². The number of hydrogen-bond acceptors (Lipinski definition) is 2. The molecule has 4 heteroatoms. The minimum Gasteiger partial charge on any atom is -0.326 e. The molecule has 46 heavy (non-hydrogen) atoms. The van der Waals surface area contributed by atoms with E-state index in [0.29, 0.717) is 24.2 Å². The fourth-order valence-electron chi connectivity index (χ4n) is 6.05. The second-order valence-electron chi connectivity index (χ2n) is 11.2. The van der Waals surface area contributed by atoms with E-state index in [1.54, 1.807) is 0 Å². The number of benzene rings is 6. The van der Waals surface area contributed by atoms with E-state index in [2.05, 4.69) is 48.5 Å². The molecule has 0 saturated carbocycles. The second-order valence-corrected chi connectivity index (χ2v) is 11.2. The number of carbonyl (C=O) groups is 2. The highest BCUT2D eigenvalue weighted by Gasteiger charge is 2.32. The maximum atomic E-state index is 14.5. The van der Waals surface area contributed by atoms with Crippen LogP contribution >= 0.6 is 0 Å². The van der Waals surface area contributed by atoms with Crippen molar-refractivity contribution in [2.24, 2.45) is 0 Å². The van der Waals surface area contributed by atoms with Crippen molar-refractivity contribution in [2.45, 2.75) is 12.1 Å². The van der Waals surface area contributed by atoms with E-state index in [9.17, 15) is 9.59 Å². The lowest BCUT2D eigenvalue weighted by molar-refractivity contribution is 0.0590. The van der Waals surface area contributed by atoms with Gasteiger partial charge in [-0.25, -0.2) is 0 Å². The van der Waals surface area contributed by atoms with Crippen molar-refractivity contribution in [2.75, 3.05) is 13.1 Å². The Bertz CT molecular complexity index is 1600. The minimum atomic E-state index is -0.365. The molecule has 0 unspecified atom stereocenters. The van der Waals surface area contributed by atoms with Gasteiger partial charge in [-0.15, -0.1) is 0 Å². The molecule has 226 valence electrons. The second kappa shape index (κ2) is 14.8. The molecule has 0 aromatic heterocycles. The molecule has 6 aromatic carbocycles. The molecule has 0 aliphatic heterocycles. The molecule has 0 heterocycles. The molecule has 0 radical (unpaired) electrons. The Kier molecular flexibility index (Phi) is 9.76. The minimum absolute atomic E-state index is 0.0959. The number of rotatable bonds is 11. The van der Waals surface area contributed by atoms with Gasteiger partial charge in [-0.05, 0) is 46.5 Å². The van der Waals surface area contributed by atoms with E-state index < -0.39 is 0 Å². The van der Waals surface area contributed by atoms with Crippen LogP contribution in [-0.4, -0.2) is 34.7 Å². The van der Waals surface area contributed by atoms with Crippen LogP contribution in [0.4, 0.5) is 0 Å². The summed E-state index contributed by atoms with van der Waals surface area (Å²) in [7, 11) is 0. The Labute approximate surface area is 271 Å². The fourth-order valence-corrected chi connectivity index (χ4v) is 6.05. The van der Waals surface area contributed by atoms with E-state index in [1.807, 2.05) is 143 Å². The first-order valence-corrected chi connectivity index (χ1v) is 15.6. The van der Waals surface area contributed by atoms with Crippen LogP contribution in [0, 0.1) is 0 Å². The third-order valence-corrected chi connectivity index (χ3v) is 8.23. The first-order valence-electron chi connectivity index (χ1n) is 15.6. The predicted octanol–water partition coefficient (Wildman–Crippen LogP) is 8.85. The average molecular weight is 601 g/mol. The van der Waals surface area contributed by atoms with Crippen LogP contribution in [0.25, 0.3) is 0 Å². The van der Waals surface area contributed by atoms with Crippen LogP contribution in [0.5, 0.6) is 0 Å². The topological polar surface area (TPSA) is 40.6 Å². The number of carbonyl (C=O) groups excluding carboxylic acids is 2. The average Bonchev–Trinajstić information content (AvgIpc) is 3.14. The van der Waals surface area contributed by atoms with Crippen LogP contribution in [0.3, 0.4) is 0 Å². The van der Waals surface area contributed by atoms with E-state index in [4.69, 9.17) is 0 Å². The highest BCUT2D eigenvalue weighted by atomic mass is 16.2. The Hall–Kier alpha value is -5.74. The predicted molar refractivity (Wildman–Crippen MR) is 184 cm³/mol. The SMILES string of the molecule is O=C(c1ccccc1)N(CCN(C(=O)c1ccccc1)C(c1ccccc1)c1ccccc1)C(c1ccccc1)c1ccccc1. The van der Waals surface area contributed by atoms with Gasteiger partial charge in [0.2, 0.25) is 0 Å². The summed E-state index contributed by atoms with van der Waals surface area (Å²) < 4.78 is 0. The number of nitrogens with zero attached hydrogens (tertiary/aromatic N) is 2. The molecule has 4 nitrogen and oxygen atoms in total. The van der Waals surface area contributed by atoms with Crippen LogP contribution in [-0.2, 0) is 0 Å².